The molecule has 0 aromatic heterocycles. The number of ether oxygens (including phenoxy) is 1. The molecule has 2 aromatic rings. The van der Waals surface area contributed by atoms with Gasteiger partial charge in [-0.2, -0.15) is 0 Å². The molecule has 0 fully saturated rings. The van der Waals surface area contributed by atoms with Crippen LogP contribution in [0.5, 0.6) is 5.75 Å². The second kappa shape index (κ2) is 6.95. The van der Waals surface area contributed by atoms with Crippen LogP contribution in [0.15, 0.2) is 54.6 Å². The lowest BCUT2D eigenvalue weighted by atomic mass is 10.1. The topological polar surface area (TPSA) is 21.3 Å². The SMILES string of the molecule is [2H]C([2H])([2H])NC([2H])([2H])C([2H])([2H])C([2H])(Oc1ccccc1C([2H])([2H])[2H])c1ccccc1. The first-order chi connectivity index (χ1) is 13.5. The van der Waals surface area contributed by atoms with Crippen LogP contribution in [0, 0.1) is 6.85 Å². The minimum Gasteiger partial charge on any atom is -0.485 e. The maximum atomic E-state index is 8.82. The molecule has 0 bridgehead atoms. The maximum absolute atomic E-state index is 8.82. The summed E-state index contributed by atoms with van der Waals surface area (Å²) in [4.78, 5) is 0. The average molecular weight is 266 g/mol. The molecule has 2 heteroatoms. The number of nitrogens with one attached hydrogen (secondary N) is 1. The van der Waals surface area contributed by atoms with Crippen molar-refractivity contribution in [1.29, 1.82) is 0 Å². The van der Waals surface area contributed by atoms with Crippen LogP contribution >= 0.6 is 0 Å². The number of benzene rings is 2. The molecule has 0 aliphatic rings. The highest BCUT2D eigenvalue weighted by atomic mass is 16.5. The Labute approximate surface area is 130 Å². The van der Waals surface area contributed by atoms with Crippen molar-refractivity contribution in [2.75, 3.05) is 13.5 Å². The molecule has 1 atom stereocenters. The quantitative estimate of drug-likeness (QED) is 0.860. The fraction of sp³-hybridized carbons (Fsp3) is 0.294. The van der Waals surface area contributed by atoms with Gasteiger partial charge in [-0.25, -0.2) is 0 Å². The van der Waals surface area contributed by atoms with Crippen molar-refractivity contribution in [1.82, 2.24) is 5.32 Å². The van der Waals surface area contributed by atoms with Crippen LogP contribution < -0.4 is 10.1 Å². The van der Waals surface area contributed by atoms with E-state index in [0.717, 1.165) is 0 Å². The van der Waals surface area contributed by atoms with E-state index in [4.69, 9.17) is 19.8 Å². The minimum absolute atomic E-state index is 0.133. The van der Waals surface area contributed by atoms with Crippen LogP contribution in [-0.2, 0) is 0 Å². The normalized spacial score (nSPS) is 25.2. The van der Waals surface area contributed by atoms with Crippen LogP contribution in [0.1, 0.15) is 38.7 Å². The van der Waals surface area contributed by atoms with Gasteiger partial charge >= 0.3 is 0 Å². The van der Waals surface area contributed by atoms with Gasteiger partial charge in [0.25, 0.3) is 0 Å². The Bertz CT molecular complexity index is 864. The molecule has 0 aliphatic carbocycles. The van der Waals surface area contributed by atoms with Gasteiger partial charge < -0.3 is 10.1 Å². The Morgan fingerprint density at radius 2 is 2.00 bits per heavy atom. The molecule has 0 spiro atoms. The average Bonchev–Trinajstić information content (AvgIpc) is 2.59. The number of aryl methyl sites for hydroxylation is 1. The van der Waals surface area contributed by atoms with E-state index in [0.29, 0.717) is 0 Å². The Morgan fingerprint density at radius 3 is 2.79 bits per heavy atom. The summed E-state index contributed by atoms with van der Waals surface area (Å²) in [5, 5.41) is 1.59. The van der Waals surface area contributed by atoms with Gasteiger partial charge in [0, 0.05) is 20.1 Å². The summed E-state index contributed by atoms with van der Waals surface area (Å²) in [6, 6.07) is 12.5. The van der Waals surface area contributed by atoms with E-state index in [-0.39, 0.29) is 16.9 Å². The first kappa shape index (κ1) is 5.29. The van der Waals surface area contributed by atoms with Gasteiger partial charge in [-0.15, -0.1) is 0 Å². The summed E-state index contributed by atoms with van der Waals surface area (Å²) in [5.41, 5.74) is -0.427. The second-order valence-corrected chi connectivity index (χ2v) is 3.67. The maximum Gasteiger partial charge on any atom is 0.125 e. The van der Waals surface area contributed by atoms with E-state index in [1.807, 2.05) is 0 Å². The molecule has 0 amide bonds. The first-order valence-electron chi connectivity index (χ1n) is 11.1. The van der Waals surface area contributed by atoms with Gasteiger partial charge in [-0.3, -0.25) is 0 Å². The number of para-hydroxylation sites is 1. The Kier molecular flexibility index (Phi) is 1.94. The van der Waals surface area contributed by atoms with Crippen LogP contribution in [0.3, 0.4) is 0 Å². The third-order valence-electron chi connectivity index (χ3n) is 2.37. The number of hydrogen-bond acceptors (Lipinski definition) is 2. The highest BCUT2D eigenvalue weighted by Gasteiger charge is 2.13. The molecule has 0 saturated heterocycles. The molecule has 2 rings (SSSR count). The molecule has 0 aliphatic heterocycles. The zero-order valence-electron chi connectivity index (χ0n) is 21.1. The summed E-state index contributed by atoms with van der Waals surface area (Å²) in [7, 11) is 0. The van der Waals surface area contributed by atoms with Crippen LogP contribution in [0.2, 0.25) is 0 Å². The van der Waals surface area contributed by atoms with Crippen molar-refractivity contribution in [2.24, 2.45) is 0 Å². The van der Waals surface area contributed by atoms with Crippen molar-refractivity contribution in [3.05, 3.63) is 65.7 Å². The van der Waals surface area contributed by atoms with Gasteiger partial charge in [0.15, 0.2) is 0 Å². The highest BCUT2D eigenvalue weighted by molar-refractivity contribution is 5.33. The highest BCUT2D eigenvalue weighted by Crippen LogP contribution is 2.26. The molecule has 0 radical (unpaired) electrons. The van der Waals surface area contributed by atoms with E-state index in [2.05, 4.69) is 0 Å². The molecule has 100 valence electrons. The second-order valence-electron chi connectivity index (χ2n) is 3.67. The molecule has 1 unspecified atom stereocenters. The number of hydrogen-bond donors (Lipinski definition) is 1. The van der Waals surface area contributed by atoms with Crippen molar-refractivity contribution < 1.29 is 19.8 Å². The van der Waals surface area contributed by atoms with E-state index in [9.17, 15) is 0 Å². The molecule has 2 nitrogen and oxygen atoms in total. The van der Waals surface area contributed by atoms with Gasteiger partial charge in [0.2, 0.25) is 0 Å². The zero-order valence-corrected chi connectivity index (χ0v) is 10.1. The van der Waals surface area contributed by atoms with E-state index in [1.165, 1.54) is 48.5 Å². The van der Waals surface area contributed by atoms with Crippen LogP contribution in [-0.4, -0.2) is 13.5 Å². The van der Waals surface area contributed by atoms with Crippen molar-refractivity contribution in [3.8, 4) is 5.75 Å². The van der Waals surface area contributed by atoms with Crippen molar-refractivity contribution in [3.63, 3.8) is 0 Å². The summed E-state index contributed by atoms with van der Waals surface area (Å²) in [5.74, 6) is -0.343. The lowest BCUT2D eigenvalue weighted by molar-refractivity contribution is 0.193. The van der Waals surface area contributed by atoms with Gasteiger partial charge in [0.1, 0.15) is 11.8 Å². The fourth-order valence-corrected chi connectivity index (χ4v) is 1.50. The summed E-state index contributed by atoms with van der Waals surface area (Å²) in [6.07, 6.45) is -6.14. The lowest BCUT2D eigenvalue weighted by Gasteiger charge is -2.20. The largest absolute Gasteiger partial charge is 0.485 e. The van der Waals surface area contributed by atoms with Gasteiger partial charge in [0.05, 0.1) is 1.37 Å². The monoisotopic (exact) mass is 266 g/mol. The van der Waals surface area contributed by atoms with E-state index >= 15 is 0 Å². The summed E-state index contributed by atoms with van der Waals surface area (Å²) < 4.78 is 92.0. The third kappa shape index (κ3) is 3.83. The minimum atomic E-state index is -3.29. The zero-order chi connectivity index (χ0) is 23.0. The van der Waals surface area contributed by atoms with Crippen molar-refractivity contribution >= 4 is 0 Å². The fourth-order valence-electron chi connectivity index (χ4n) is 1.50. The lowest BCUT2D eigenvalue weighted by Crippen LogP contribution is -2.16. The van der Waals surface area contributed by atoms with Gasteiger partial charge in [-0.05, 0) is 37.5 Å². The molecule has 19 heavy (non-hydrogen) atoms. The first-order valence-corrected chi connectivity index (χ1v) is 5.65. The summed E-state index contributed by atoms with van der Waals surface area (Å²) >= 11 is 0. The van der Waals surface area contributed by atoms with Crippen molar-refractivity contribution in [2.45, 2.75) is 19.3 Å². The molecule has 2 aromatic carbocycles. The Morgan fingerprint density at radius 1 is 1.21 bits per heavy atom. The predicted octanol–water partition coefficient (Wildman–Crippen LogP) is 3.72. The van der Waals surface area contributed by atoms with E-state index < -0.39 is 32.8 Å². The van der Waals surface area contributed by atoms with Crippen LogP contribution in [0.4, 0.5) is 0 Å². The summed E-state index contributed by atoms with van der Waals surface area (Å²) in [6.45, 7) is -8.95. The number of rotatable bonds is 6. The molecular weight excluding hydrogens is 234 g/mol. The smallest absolute Gasteiger partial charge is 0.125 e. The Hall–Kier alpha value is -1.80. The predicted molar refractivity (Wildman–Crippen MR) is 79.5 cm³/mol. The van der Waals surface area contributed by atoms with Gasteiger partial charge in [-0.1, -0.05) is 48.5 Å². The molecule has 1 N–H and O–H groups in total. The van der Waals surface area contributed by atoms with E-state index in [1.54, 1.807) is 11.4 Å². The Balaban J connectivity index is 2.68. The molecule has 0 heterocycles. The molecular formula is C17H21NO. The van der Waals surface area contributed by atoms with Crippen LogP contribution in [0.25, 0.3) is 0 Å². The third-order valence-corrected chi connectivity index (χ3v) is 2.37. The molecule has 0 saturated carbocycles. The standard InChI is InChI=1S/C17H21NO/c1-14-8-6-7-11-16(14)19-17(12-13-18-2)15-9-4-3-5-10-15/h3-11,17-18H,12-13H2,1-2H3/i1D3,2D3,12D2,13D2,17D.